The monoisotopic (exact) mass is 265 g/mol. The summed E-state index contributed by atoms with van der Waals surface area (Å²) in [4.78, 5) is 2.36. The van der Waals surface area contributed by atoms with Gasteiger partial charge in [0, 0.05) is 19.1 Å². The van der Waals surface area contributed by atoms with E-state index in [1.807, 2.05) is 19.1 Å². The lowest BCUT2D eigenvalue weighted by Gasteiger charge is -2.35. The van der Waals surface area contributed by atoms with Crippen molar-refractivity contribution in [3.63, 3.8) is 0 Å². The number of aliphatic hydroxyl groups is 1. The summed E-state index contributed by atoms with van der Waals surface area (Å²) >= 11 is 0. The van der Waals surface area contributed by atoms with E-state index < -0.39 is 0 Å². The fraction of sp³-hybridized carbons (Fsp3) is 0.625. The smallest absolute Gasteiger partial charge is 0.123 e. The van der Waals surface area contributed by atoms with Crippen LogP contribution in [0.4, 0.5) is 4.39 Å². The highest BCUT2D eigenvalue weighted by Gasteiger charge is 2.22. The van der Waals surface area contributed by atoms with E-state index in [4.69, 9.17) is 0 Å². The van der Waals surface area contributed by atoms with E-state index in [-0.39, 0.29) is 11.9 Å². The van der Waals surface area contributed by atoms with Crippen LogP contribution < -0.4 is 0 Å². The predicted molar refractivity (Wildman–Crippen MR) is 75.4 cm³/mol. The van der Waals surface area contributed by atoms with Gasteiger partial charge in [0.2, 0.25) is 0 Å². The molecule has 1 aliphatic rings. The van der Waals surface area contributed by atoms with Gasteiger partial charge >= 0.3 is 0 Å². The number of halogens is 1. The molecule has 0 heterocycles. The van der Waals surface area contributed by atoms with Crippen molar-refractivity contribution in [2.75, 3.05) is 6.54 Å². The van der Waals surface area contributed by atoms with E-state index in [1.54, 1.807) is 0 Å². The normalized spacial score (nSPS) is 18.7. The largest absolute Gasteiger partial charge is 0.392 e. The fourth-order valence-corrected chi connectivity index (χ4v) is 2.95. The number of benzene rings is 1. The Kier molecular flexibility index (Phi) is 5.34. The van der Waals surface area contributed by atoms with E-state index in [0.717, 1.165) is 12.1 Å². The molecule has 1 atom stereocenters. The van der Waals surface area contributed by atoms with Crippen molar-refractivity contribution in [3.8, 4) is 0 Å². The van der Waals surface area contributed by atoms with Gasteiger partial charge in [0.05, 0.1) is 6.10 Å². The molecule has 0 radical (unpaired) electrons. The molecule has 1 fully saturated rings. The van der Waals surface area contributed by atoms with Crippen LogP contribution in [0.5, 0.6) is 0 Å². The van der Waals surface area contributed by atoms with E-state index >= 15 is 0 Å². The van der Waals surface area contributed by atoms with Crippen LogP contribution in [0.1, 0.15) is 44.6 Å². The Bertz CT molecular complexity index is 371. The third-order valence-electron chi connectivity index (χ3n) is 3.89. The molecule has 0 amide bonds. The zero-order chi connectivity index (χ0) is 13.7. The van der Waals surface area contributed by atoms with Gasteiger partial charge in [-0.3, -0.25) is 4.90 Å². The molecule has 3 heteroatoms. The summed E-state index contributed by atoms with van der Waals surface area (Å²) in [5.41, 5.74) is 1.12. The Morgan fingerprint density at radius 1 is 1.21 bits per heavy atom. The first-order valence-electron chi connectivity index (χ1n) is 7.31. The van der Waals surface area contributed by atoms with Crippen LogP contribution in [0.25, 0.3) is 0 Å². The highest BCUT2D eigenvalue weighted by Crippen LogP contribution is 2.24. The second-order valence-corrected chi connectivity index (χ2v) is 5.70. The van der Waals surface area contributed by atoms with Crippen LogP contribution in [0.15, 0.2) is 24.3 Å². The Labute approximate surface area is 115 Å². The van der Waals surface area contributed by atoms with Crippen LogP contribution in [0, 0.1) is 5.82 Å². The van der Waals surface area contributed by atoms with Gasteiger partial charge < -0.3 is 5.11 Å². The maximum absolute atomic E-state index is 12.9. The van der Waals surface area contributed by atoms with Crippen molar-refractivity contribution < 1.29 is 9.50 Å². The topological polar surface area (TPSA) is 23.5 Å². The van der Waals surface area contributed by atoms with Gasteiger partial charge in [0.25, 0.3) is 0 Å². The van der Waals surface area contributed by atoms with Crippen molar-refractivity contribution in [1.29, 1.82) is 0 Å². The first kappa shape index (κ1) is 14.5. The van der Waals surface area contributed by atoms with Gasteiger partial charge in [0.1, 0.15) is 5.82 Å². The second-order valence-electron chi connectivity index (χ2n) is 5.70. The molecule has 106 valence electrons. The summed E-state index contributed by atoms with van der Waals surface area (Å²) in [6.45, 7) is 3.33. The Morgan fingerprint density at radius 2 is 1.84 bits per heavy atom. The molecule has 1 aromatic carbocycles. The van der Waals surface area contributed by atoms with E-state index in [1.165, 1.54) is 44.2 Å². The van der Waals surface area contributed by atoms with Crippen molar-refractivity contribution in [1.82, 2.24) is 4.90 Å². The summed E-state index contributed by atoms with van der Waals surface area (Å²) < 4.78 is 12.9. The molecule has 2 rings (SSSR count). The number of rotatable bonds is 5. The maximum Gasteiger partial charge on any atom is 0.123 e. The lowest BCUT2D eigenvalue weighted by molar-refractivity contribution is 0.0769. The van der Waals surface area contributed by atoms with E-state index in [0.29, 0.717) is 12.6 Å². The quantitative estimate of drug-likeness (QED) is 0.882. The van der Waals surface area contributed by atoms with Crippen molar-refractivity contribution >= 4 is 0 Å². The van der Waals surface area contributed by atoms with Crippen LogP contribution in [0.2, 0.25) is 0 Å². The van der Waals surface area contributed by atoms with Crippen molar-refractivity contribution in [3.05, 3.63) is 35.6 Å². The summed E-state index contributed by atoms with van der Waals surface area (Å²) in [6.07, 6.45) is 6.01. The van der Waals surface area contributed by atoms with E-state index in [9.17, 15) is 9.50 Å². The summed E-state index contributed by atoms with van der Waals surface area (Å²) in [6, 6.07) is 7.27. The lowest BCUT2D eigenvalue weighted by Crippen LogP contribution is -2.40. The lowest BCUT2D eigenvalue weighted by atomic mass is 9.93. The highest BCUT2D eigenvalue weighted by molar-refractivity contribution is 5.16. The maximum atomic E-state index is 12.9. The number of hydrogen-bond donors (Lipinski definition) is 1. The van der Waals surface area contributed by atoms with Crippen LogP contribution in [-0.2, 0) is 6.54 Å². The minimum atomic E-state index is -0.317. The minimum Gasteiger partial charge on any atom is -0.392 e. The van der Waals surface area contributed by atoms with Gasteiger partial charge in [-0.15, -0.1) is 0 Å². The fourth-order valence-electron chi connectivity index (χ4n) is 2.95. The summed E-state index contributed by atoms with van der Waals surface area (Å²) in [7, 11) is 0. The molecule has 1 aromatic rings. The van der Waals surface area contributed by atoms with Gasteiger partial charge in [-0.2, -0.15) is 0 Å². The number of nitrogens with zero attached hydrogens (tertiary/aromatic N) is 1. The first-order valence-corrected chi connectivity index (χ1v) is 7.31. The highest BCUT2D eigenvalue weighted by atomic mass is 19.1. The molecule has 1 unspecified atom stereocenters. The molecular weight excluding hydrogens is 241 g/mol. The second kappa shape index (κ2) is 7.01. The SMILES string of the molecule is CC(O)CN(Cc1ccc(F)cc1)C1CCCCC1. The molecule has 0 spiro atoms. The standard InChI is InChI=1S/C16H24FNO/c1-13(19)11-18(16-5-3-2-4-6-16)12-14-7-9-15(17)10-8-14/h7-10,13,16,19H,2-6,11-12H2,1H3. The average molecular weight is 265 g/mol. The third kappa shape index (κ3) is 4.59. The Morgan fingerprint density at radius 3 is 2.42 bits per heavy atom. The van der Waals surface area contributed by atoms with Crippen molar-refractivity contribution in [2.45, 2.75) is 57.7 Å². The molecule has 2 nitrogen and oxygen atoms in total. The minimum absolute atomic E-state index is 0.191. The van der Waals surface area contributed by atoms with E-state index in [2.05, 4.69) is 4.90 Å². The van der Waals surface area contributed by atoms with Crippen LogP contribution >= 0.6 is 0 Å². The molecule has 1 saturated carbocycles. The average Bonchev–Trinajstić information content (AvgIpc) is 2.41. The summed E-state index contributed by atoms with van der Waals surface area (Å²) in [5, 5.41) is 9.67. The molecule has 1 aliphatic carbocycles. The molecule has 0 saturated heterocycles. The van der Waals surface area contributed by atoms with Crippen LogP contribution in [-0.4, -0.2) is 28.7 Å². The van der Waals surface area contributed by atoms with Gasteiger partial charge in [-0.1, -0.05) is 31.4 Å². The molecule has 0 bridgehead atoms. The number of aliphatic hydroxyl groups excluding tert-OH is 1. The van der Waals surface area contributed by atoms with Crippen molar-refractivity contribution in [2.24, 2.45) is 0 Å². The summed E-state index contributed by atoms with van der Waals surface area (Å²) in [5.74, 6) is -0.191. The Hall–Kier alpha value is -0.930. The van der Waals surface area contributed by atoms with Crippen LogP contribution in [0.3, 0.4) is 0 Å². The molecular formula is C16H24FNO. The van der Waals surface area contributed by atoms with Gasteiger partial charge in [-0.05, 0) is 37.5 Å². The molecule has 0 aliphatic heterocycles. The molecule has 1 N–H and O–H groups in total. The first-order chi connectivity index (χ1) is 9.15. The predicted octanol–water partition coefficient (Wildman–Crippen LogP) is 3.34. The number of hydrogen-bond acceptors (Lipinski definition) is 2. The molecule has 0 aromatic heterocycles. The zero-order valence-electron chi connectivity index (χ0n) is 11.7. The molecule has 19 heavy (non-hydrogen) atoms. The van der Waals surface area contributed by atoms with Gasteiger partial charge in [0.15, 0.2) is 0 Å². The zero-order valence-corrected chi connectivity index (χ0v) is 11.7. The third-order valence-corrected chi connectivity index (χ3v) is 3.89. The Balaban J connectivity index is 2.01. The van der Waals surface area contributed by atoms with Gasteiger partial charge in [-0.25, -0.2) is 4.39 Å².